The monoisotopic (exact) mass is 227 g/mol. The molecule has 0 bridgehead atoms. The van der Waals surface area contributed by atoms with Crippen LogP contribution in [0.5, 0.6) is 0 Å². The lowest BCUT2D eigenvalue weighted by atomic mass is 9.88. The zero-order valence-corrected chi connectivity index (χ0v) is 11.3. The molecular weight excluding hydrogens is 206 g/mol. The zero-order chi connectivity index (χ0) is 11.6. The maximum Gasteiger partial charge on any atom is 0.202 e. The number of hydrogen-bond donors (Lipinski definition) is 1. The summed E-state index contributed by atoms with van der Waals surface area (Å²) in [5.74, 6) is 1.34. The summed E-state index contributed by atoms with van der Waals surface area (Å²) in [6.07, 6.45) is 0. The van der Waals surface area contributed by atoms with Crippen LogP contribution in [-0.2, 0) is 0 Å². The van der Waals surface area contributed by atoms with Crippen LogP contribution in [-0.4, -0.2) is 15.4 Å². The molecular formula is C11H21N3S. The second kappa shape index (κ2) is 4.47. The van der Waals surface area contributed by atoms with Gasteiger partial charge in [-0.15, -0.1) is 0 Å². The summed E-state index contributed by atoms with van der Waals surface area (Å²) < 4.78 is 4.32. The first-order valence-electron chi connectivity index (χ1n) is 5.41. The van der Waals surface area contributed by atoms with E-state index in [1.54, 1.807) is 0 Å². The predicted octanol–water partition coefficient (Wildman–Crippen LogP) is 3.51. The minimum absolute atomic E-state index is 0.240. The molecule has 0 aliphatic heterocycles. The van der Waals surface area contributed by atoms with Crippen molar-refractivity contribution in [3.05, 3.63) is 5.82 Å². The maximum atomic E-state index is 4.46. The Hall–Kier alpha value is -0.640. The molecule has 0 saturated heterocycles. The Morgan fingerprint density at radius 3 is 2.20 bits per heavy atom. The zero-order valence-electron chi connectivity index (χ0n) is 10.5. The van der Waals surface area contributed by atoms with Crippen LogP contribution in [0.2, 0.25) is 0 Å². The summed E-state index contributed by atoms with van der Waals surface area (Å²) in [6, 6.07) is 0.394. The van der Waals surface area contributed by atoms with E-state index in [1.165, 1.54) is 11.5 Å². The number of nitrogens with zero attached hydrogens (tertiary/aromatic N) is 2. The average Bonchev–Trinajstić information content (AvgIpc) is 2.50. The minimum Gasteiger partial charge on any atom is -0.357 e. The fraction of sp³-hybridized carbons (Fsp3) is 0.818. The van der Waals surface area contributed by atoms with Gasteiger partial charge in [0.05, 0.1) is 0 Å². The third kappa shape index (κ3) is 3.45. The van der Waals surface area contributed by atoms with E-state index in [9.17, 15) is 0 Å². The Labute approximate surface area is 96.5 Å². The van der Waals surface area contributed by atoms with Crippen LogP contribution < -0.4 is 5.32 Å². The fourth-order valence-corrected chi connectivity index (χ4v) is 1.73. The normalized spacial score (nSPS) is 14.3. The number of aromatic nitrogens is 2. The van der Waals surface area contributed by atoms with Crippen LogP contribution in [0.15, 0.2) is 0 Å². The molecule has 4 heteroatoms. The molecule has 1 heterocycles. The van der Waals surface area contributed by atoms with Crippen molar-refractivity contribution in [3.8, 4) is 0 Å². The number of hydrogen-bond acceptors (Lipinski definition) is 4. The molecule has 0 aromatic carbocycles. The van der Waals surface area contributed by atoms with Gasteiger partial charge >= 0.3 is 0 Å². The van der Waals surface area contributed by atoms with E-state index in [-0.39, 0.29) is 5.41 Å². The van der Waals surface area contributed by atoms with Gasteiger partial charge in [-0.05, 0) is 12.3 Å². The van der Waals surface area contributed by atoms with E-state index >= 15 is 0 Å². The lowest BCUT2D eigenvalue weighted by molar-refractivity contribution is 0.359. The largest absolute Gasteiger partial charge is 0.357 e. The average molecular weight is 227 g/mol. The summed E-state index contributed by atoms with van der Waals surface area (Å²) in [5.41, 5.74) is 0.240. The van der Waals surface area contributed by atoms with Crippen molar-refractivity contribution in [2.24, 2.45) is 5.41 Å². The number of rotatable bonds is 3. The van der Waals surface area contributed by atoms with Gasteiger partial charge in [0.1, 0.15) is 5.82 Å². The van der Waals surface area contributed by atoms with Crippen LogP contribution in [0.1, 0.15) is 53.3 Å². The summed E-state index contributed by atoms with van der Waals surface area (Å²) in [7, 11) is 0. The molecule has 1 aromatic rings. The molecule has 1 aromatic heterocycles. The topological polar surface area (TPSA) is 37.8 Å². The van der Waals surface area contributed by atoms with Crippen molar-refractivity contribution in [2.45, 2.75) is 53.5 Å². The summed E-state index contributed by atoms with van der Waals surface area (Å²) in [5, 5.41) is 4.33. The highest BCUT2D eigenvalue weighted by atomic mass is 32.1. The van der Waals surface area contributed by atoms with Crippen LogP contribution >= 0.6 is 11.5 Å². The Morgan fingerprint density at radius 2 is 1.80 bits per heavy atom. The van der Waals surface area contributed by atoms with Gasteiger partial charge in [0, 0.05) is 23.5 Å². The Bertz CT molecular complexity index is 312. The van der Waals surface area contributed by atoms with Crippen molar-refractivity contribution in [1.82, 2.24) is 9.36 Å². The van der Waals surface area contributed by atoms with Crippen molar-refractivity contribution >= 4 is 16.7 Å². The van der Waals surface area contributed by atoms with Gasteiger partial charge in [0.15, 0.2) is 0 Å². The van der Waals surface area contributed by atoms with Gasteiger partial charge in [-0.2, -0.15) is 4.37 Å². The van der Waals surface area contributed by atoms with Crippen LogP contribution in [0.4, 0.5) is 5.13 Å². The molecule has 0 amide bonds. The van der Waals surface area contributed by atoms with Gasteiger partial charge in [-0.3, -0.25) is 0 Å². The number of anilines is 1. The lowest BCUT2D eigenvalue weighted by Crippen LogP contribution is -2.30. The molecule has 1 unspecified atom stereocenters. The van der Waals surface area contributed by atoms with Crippen LogP contribution in [0.25, 0.3) is 0 Å². The van der Waals surface area contributed by atoms with Gasteiger partial charge < -0.3 is 5.32 Å². The quantitative estimate of drug-likeness (QED) is 0.858. The third-order valence-corrected chi connectivity index (χ3v) is 3.26. The van der Waals surface area contributed by atoms with Crippen LogP contribution in [0.3, 0.4) is 0 Å². The molecule has 0 spiro atoms. The molecule has 86 valence electrons. The molecule has 1 atom stereocenters. The molecule has 15 heavy (non-hydrogen) atoms. The Kier molecular flexibility index (Phi) is 3.71. The standard InChI is InChI=1S/C11H21N3S/c1-7(2)9-13-10(15-14-9)12-8(3)11(4,5)6/h7-8H,1-6H3,(H,12,13,14). The van der Waals surface area contributed by atoms with Gasteiger partial charge in [-0.25, -0.2) is 4.98 Å². The second-order valence-corrected chi connectivity index (χ2v) is 6.10. The first kappa shape index (κ1) is 12.4. The van der Waals surface area contributed by atoms with E-state index in [2.05, 4.69) is 56.2 Å². The van der Waals surface area contributed by atoms with E-state index in [4.69, 9.17) is 0 Å². The van der Waals surface area contributed by atoms with E-state index in [0.29, 0.717) is 12.0 Å². The molecule has 1 N–H and O–H groups in total. The molecule has 0 fully saturated rings. The van der Waals surface area contributed by atoms with Gasteiger partial charge in [-0.1, -0.05) is 34.6 Å². The highest BCUT2D eigenvalue weighted by Crippen LogP contribution is 2.24. The predicted molar refractivity (Wildman–Crippen MR) is 66.5 cm³/mol. The third-order valence-electron chi connectivity index (χ3n) is 2.60. The van der Waals surface area contributed by atoms with Crippen molar-refractivity contribution in [2.75, 3.05) is 5.32 Å². The summed E-state index contributed by atoms with van der Waals surface area (Å²) in [4.78, 5) is 4.46. The molecule has 0 aliphatic carbocycles. The summed E-state index contributed by atoms with van der Waals surface area (Å²) in [6.45, 7) is 13.0. The molecule has 1 rings (SSSR count). The van der Waals surface area contributed by atoms with Gasteiger partial charge in [0.25, 0.3) is 0 Å². The van der Waals surface area contributed by atoms with Crippen molar-refractivity contribution in [1.29, 1.82) is 0 Å². The Balaban J connectivity index is 2.65. The first-order valence-corrected chi connectivity index (χ1v) is 6.18. The highest BCUT2D eigenvalue weighted by Gasteiger charge is 2.21. The highest BCUT2D eigenvalue weighted by molar-refractivity contribution is 7.09. The van der Waals surface area contributed by atoms with E-state index in [1.807, 2.05) is 0 Å². The Morgan fingerprint density at radius 1 is 1.20 bits per heavy atom. The SMILES string of the molecule is CC(C)c1nsc(NC(C)C(C)(C)C)n1. The van der Waals surface area contributed by atoms with Gasteiger partial charge in [0.2, 0.25) is 5.13 Å². The molecule has 0 aliphatic rings. The molecule has 3 nitrogen and oxygen atoms in total. The molecule has 0 saturated carbocycles. The maximum absolute atomic E-state index is 4.46. The number of nitrogens with one attached hydrogen (secondary N) is 1. The second-order valence-electron chi connectivity index (χ2n) is 5.34. The van der Waals surface area contributed by atoms with E-state index in [0.717, 1.165) is 11.0 Å². The smallest absolute Gasteiger partial charge is 0.202 e. The minimum atomic E-state index is 0.240. The van der Waals surface area contributed by atoms with Crippen molar-refractivity contribution < 1.29 is 0 Å². The van der Waals surface area contributed by atoms with Crippen LogP contribution in [0, 0.1) is 5.41 Å². The van der Waals surface area contributed by atoms with E-state index < -0.39 is 0 Å². The first-order chi connectivity index (χ1) is 6.80. The van der Waals surface area contributed by atoms with Crippen molar-refractivity contribution in [3.63, 3.8) is 0 Å². The molecule has 0 radical (unpaired) electrons. The summed E-state index contributed by atoms with van der Waals surface area (Å²) >= 11 is 1.45. The lowest BCUT2D eigenvalue weighted by Gasteiger charge is -2.27. The fourth-order valence-electron chi connectivity index (χ4n) is 0.930.